The Balaban J connectivity index is 2.69. The van der Waals surface area contributed by atoms with E-state index >= 15 is 0 Å². The van der Waals surface area contributed by atoms with Crippen LogP contribution in [0.25, 0.3) is 0 Å². The molecule has 16 heavy (non-hydrogen) atoms. The van der Waals surface area contributed by atoms with Gasteiger partial charge in [0.15, 0.2) is 0 Å². The van der Waals surface area contributed by atoms with Gasteiger partial charge in [-0.2, -0.15) is 0 Å². The highest BCUT2D eigenvalue weighted by molar-refractivity contribution is 9.09. The Kier molecular flexibility index (Phi) is 5.46. The van der Waals surface area contributed by atoms with Crippen LogP contribution in [0.4, 0.5) is 0 Å². The van der Waals surface area contributed by atoms with Crippen molar-refractivity contribution < 1.29 is 0 Å². The molecule has 0 spiro atoms. The molecule has 0 aromatic carbocycles. The van der Waals surface area contributed by atoms with Gasteiger partial charge in [0.25, 0.3) is 0 Å². The lowest BCUT2D eigenvalue weighted by Gasteiger charge is -2.30. The second-order valence-corrected chi connectivity index (χ2v) is 5.21. The summed E-state index contributed by atoms with van der Waals surface area (Å²) < 4.78 is 1.78. The number of alkyl halides is 1. The lowest BCUT2D eigenvalue weighted by atomic mass is 9.78. The topological polar surface area (TPSA) is 30.7 Å². The Morgan fingerprint density at radius 2 is 2.19 bits per heavy atom. The SMILES string of the molecule is CCCCC(CC)(CBr)Cc1cn(C)nn1. The zero-order valence-electron chi connectivity index (χ0n) is 10.5. The molecule has 0 fully saturated rings. The zero-order valence-corrected chi connectivity index (χ0v) is 12.1. The zero-order chi connectivity index (χ0) is 12.0. The Labute approximate surface area is 107 Å². The van der Waals surface area contributed by atoms with Crippen molar-refractivity contribution in [3.05, 3.63) is 11.9 Å². The second-order valence-electron chi connectivity index (χ2n) is 4.65. The van der Waals surface area contributed by atoms with Crippen LogP contribution in [0, 0.1) is 5.41 Å². The number of hydrogen-bond donors (Lipinski definition) is 0. The van der Waals surface area contributed by atoms with Gasteiger partial charge in [-0.05, 0) is 24.7 Å². The van der Waals surface area contributed by atoms with Gasteiger partial charge in [-0.15, -0.1) is 5.10 Å². The third kappa shape index (κ3) is 3.58. The summed E-state index contributed by atoms with van der Waals surface area (Å²) in [5, 5.41) is 9.25. The predicted octanol–water partition coefficient (Wildman–Crippen LogP) is 3.34. The summed E-state index contributed by atoms with van der Waals surface area (Å²) in [5.74, 6) is 0. The molecule has 0 amide bonds. The van der Waals surface area contributed by atoms with Gasteiger partial charge in [-0.1, -0.05) is 47.8 Å². The first-order valence-corrected chi connectivity index (χ1v) is 7.19. The molecular weight excluding hydrogens is 266 g/mol. The van der Waals surface area contributed by atoms with Gasteiger partial charge in [0, 0.05) is 18.6 Å². The summed E-state index contributed by atoms with van der Waals surface area (Å²) in [5.41, 5.74) is 1.46. The summed E-state index contributed by atoms with van der Waals surface area (Å²) >= 11 is 3.67. The highest BCUT2D eigenvalue weighted by Crippen LogP contribution is 2.34. The van der Waals surface area contributed by atoms with Crippen LogP contribution in [0.2, 0.25) is 0 Å². The molecule has 0 bridgehead atoms. The lowest BCUT2D eigenvalue weighted by Crippen LogP contribution is -2.25. The fraction of sp³-hybridized carbons (Fsp3) is 0.833. The molecule has 1 rings (SSSR count). The van der Waals surface area contributed by atoms with Gasteiger partial charge in [-0.3, -0.25) is 4.68 Å². The molecule has 0 saturated carbocycles. The largest absolute Gasteiger partial charge is 0.255 e. The molecule has 1 aromatic heterocycles. The Morgan fingerprint density at radius 3 is 2.62 bits per heavy atom. The average Bonchev–Trinajstić information content (AvgIpc) is 2.70. The molecule has 1 unspecified atom stereocenters. The van der Waals surface area contributed by atoms with Crippen LogP contribution in [0.15, 0.2) is 6.20 Å². The fourth-order valence-corrected chi connectivity index (χ4v) is 2.89. The van der Waals surface area contributed by atoms with E-state index < -0.39 is 0 Å². The molecule has 0 aliphatic rings. The minimum absolute atomic E-state index is 0.353. The first kappa shape index (κ1) is 13.7. The number of unbranched alkanes of at least 4 members (excludes halogenated alkanes) is 1. The number of aryl methyl sites for hydroxylation is 1. The molecule has 3 nitrogen and oxygen atoms in total. The van der Waals surface area contributed by atoms with Crippen molar-refractivity contribution in [1.82, 2.24) is 15.0 Å². The lowest BCUT2D eigenvalue weighted by molar-refractivity contribution is 0.281. The highest BCUT2D eigenvalue weighted by atomic mass is 79.9. The molecule has 1 heterocycles. The molecule has 0 aliphatic heterocycles. The van der Waals surface area contributed by atoms with Crippen LogP contribution in [0.3, 0.4) is 0 Å². The van der Waals surface area contributed by atoms with E-state index in [9.17, 15) is 0 Å². The van der Waals surface area contributed by atoms with Crippen LogP contribution in [-0.4, -0.2) is 20.3 Å². The van der Waals surface area contributed by atoms with Crippen molar-refractivity contribution in [3.63, 3.8) is 0 Å². The van der Waals surface area contributed by atoms with Crippen LogP contribution < -0.4 is 0 Å². The molecular formula is C12H22BrN3. The number of hydrogen-bond acceptors (Lipinski definition) is 2. The third-order valence-corrected chi connectivity index (χ3v) is 4.49. The van der Waals surface area contributed by atoms with Gasteiger partial charge < -0.3 is 0 Å². The van der Waals surface area contributed by atoms with Crippen molar-refractivity contribution in [1.29, 1.82) is 0 Å². The van der Waals surface area contributed by atoms with Gasteiger partial charge in [-0.25, -0.2) is 0 Å². The minimum Gasteiger partial charge on any atom is -0.255 e. The second kappa shape index (κ2) is 6.38. The van der Waals surface area contributed by atoms with E-state index in [1.165, 1.54) is 25.7 Å². The van der Waals surface area contributed by atoms with E-state index in [0.29, 0.717) is 5.41 Å². The third-order valence-electron chi connectivity index (χ3n) is 3.30. The standard InChI is InChI=1S/C12H22BrN3/c1-4-6-7-12(5-2,10-13)8-11-9-16(3)15-14-11/h9H,4-8,10H2,1-3H3. The summed E-state index contributed by atoms with van der Waals surface area (Å²) in [4.78, 5) is 0. The van der Waals surface area contributed by atoms with Crippen molar-refractivity contribution in [2.75, 3.05) is 5.33 Å². The summed E-state index contributed by atoms with van der Waals surface area (Å²) in [6.07, 6.45) is 8.06. The van der Waals surface area contributed by atoms with Crippen LogP contribution in [-0.2, 0) is 13.5 Å². The summed E-state index contributed by atoms with van der Waals surface area (Å²) in [7, 11) is 1.92. The Hall–Kier alpha value is -0.380. The summed E-state index contributed by atoms with van der Waals surface area (Å²) in [6, 6.07) is 0. The van der Waals surface area contributed by atoms with Crippen molar-refractivity contribution in [2.45, 2.75) is 46.0 Å². The predicted molar refractivity (Wildman–Crippen MR) is 70.8 cm³/mol. The van der Waals surface area contributed by atoms with Crippen molar-refractivity contribution in [2.24, 2.45) is 12.5 Å². The van der Waals surface area contributed by atoms with Gasteiger partial charge in [0.05, 0.1) is 5.69 Å². The summed E-state index contributed by atoms with van der Waals surface area (Å²) in [6.45, 7) is 4.52. The highest BCUT2D eigenvalue weighted by Gasteiger charge is 2.27. The molecule has 1 aromatic rings. The van der Waals surface area contributed by atoms with E-state index in [0.717, 1.165) is 17.4 Å². The molecule has 4 heteroatoms. The maximum Gasteiger partial charge on any atom is 0.0832 e. The maximum atomic E-state index is 4.20. The van der Waals surface area contributed by atoms with E-state index in [2.05, 4.69) is 40.1 Å². The van der Waals surface area contributed by atoms with Gasteiger partial charge in [0.2, 0.25) is 0 Å². The van der Waals surface area contributed by atoms with Gasteiger partial charge in [0.1, 0.15) is 0 Å². The van der Waals surface area contributed by atoms with Crippen LogP contribution in [0.1, 0.15) is 45.2 Å². The number of nitrogens with zero attached hydrogens (tertiary/aromatic N) is 3. The van der Waals surface area contributed by atoms with E-state index in [1.54, 1.807) is 4.68 Å². The Morgan fingerprint density at radius 1 is 1.44 bits per heavy atom. The number of rotatable bonds is 7. The first-order chi connectivity index (χ1) is 7.65. The average molecular weight is 288 g/mol. The van der Waals surface area contributed by atoms with E-state index in [4.69, 9.17) is 0 Å². The first-order valence-electron chi connectivity index (χ1n) is 6.07. The normalized spacial score (nSPS) is 15.0. The number of halogens is 1. The molecule has 0 radical (unpaired) electrons. The minimum atomic E-state index is 0.353. The quantitative estimate of drug-likeness (QED) is 0.720. The van der Waals surface area contributed by atoms with Crippen molar-refractivity contribution in [3.8, 4) is 0 Å². The molecule has 0 aliphatic carbocycles. The molecule has 92 valence electrons. The van der Waals surface area contributed by atoms with E-state index in [-0.39, 0.29) is 0 Å². The van der Waals surface area contributed by atoms with Gasteiger partial charge >= 0.3 is 0 Å². The van der Waals surface area contributed by atoms with Crippen LogP contribution >= 0.6 is 15.9 Å². The smallest absolute Gasteiger partial charge is 0.0832 e. The van der Waals surface area contributed by atoms with E-state index in [1.807, 2.05) is 13.2 Å². The fourth-order valence-electron chi connectivity index (χ4n) is 2.01. The molecule has 1 atom stereocenters. The molecule has 0 saturated heterocycles. The molecule has 0 N–H and O–H groups in total. The van der Waals surface area contributed by atoms with Crippen molar-refractivity contribution >= 4 is 15.9 Å². The maximum absolute atomic E-state index is 4.20. The number of aromatic nitrogens is 3. The monoisotopic (exact) mass is 287 g/mol. The van der Waals surface area contributed by atoms with Crippen LogP contribution in [0.5, 0.6) is 0 Å². The Bertz CT molecular complexity index is 305.